The van der Waals surface area contributed by atoms with Crippen LogP contribution in [0.25, 0.3) is 22.2 Å². The summed E-state index contributed by atoms with van der Waals surface area (Å²) in [6.45, 7) is 4.98. The Hall–Kier alpha value is -4.40. The molecular weight excluding hydrogens is 460 g/mol. The molecule has 1 aliphatic heterocycles. The number of ether oxygens (including phenoxy) is 2. The molecule has 1 aliphatic rings. The highest BCUT2D eigenvalue weighted by Gasteiger charge is 2.40. The first kappa shape index (κ1) is 24.7. The molecule has 0 saturated carbocycles. The van der Waals surface area contributed by atoms with Crippen LogP contribution in [0.4, 0.5) is 0 Å². The number of carbonyl (C=O) groups excluding carboxylic acids is 3. The molecule has 1 aromatic heterocycles. The van der Waals surface area contributed by atoms with Gasteiger partial charge in [0.2, 0.25) is 17.7 Å². The molecule has 1 saturated heterocycles. The summed E-state index contributed by atoms with van der Waals surface area (Å²) in [6, 6.07) is 16.2. The van der Waals surface area contributed by atoms with Gasteiger partial charge in [0, 0.05) is 35.1 Å². The summed E-state index contributed by atoms with van der Waals surface area (Å²) in [5.74, 6) is -0.254. The van der Waals surface area contributed by atoms with Gasteiger partial charge in [-0.2, -0.15) is 0 Å². The van der Waals surface area contributed by atoms with Crippen LogP contribution in [0.15, 0.2) is 66.7 Å². The number of hydrogen-bond acceptors (Lipinski definition) is 6. The van der Waals surface area contributed by atoms with Gasteiger partial charge in [-0.3, -0.25) is 14.4 Å². The van der Waals surface area contributed by atoms with Crippen LogP contribution < -0.4 is 20.5 Å². The lowest BCUT2D eigenvalue weighted by Gasteiger charge is -2.22. The predicted octanol–water partition coefficient (Wildman–Crippen LogP) is 2.44. The first-order chi connectivity index (χ1) is 17.3. The second-order valence-electron chi connectivity index (χ2n) is 8.66. The van der Waals surface area contributed by atoms with Crippen molar-refractivity contribution in [1.29, 1.82) is 0 Å². The molecule has 0 aliphatic carbocycles. The third-order valence-corrected chi connectivity index (χ3v) is 6.04. The van der Waals surface area contributed by atoms with Crippen molar-refractivity contribution in [3.8, 4) is 22.8 Å². The Morgan fingerprint density at radius 1 is 1.17 bits per heavy atom. The number of aromatic nitrogens is 1. The number of nitrogens with two attached hydrogens (primary N) is 1. The van der Waals surface area contributed by atoms with E-state index in [2.05, 4.69) is 11.9 Å². The smallest absolute Gasteiger partial charge is 0.246 e. The SMILES string of the molecule is C=C(C)C(=O)NCC(=O)N1CC(Oc2cc(-c3ccccc3)nc3cc(OC)ccc23)CC1C(N)=O. The highest BCUT2D eigenvalue weighted by Crippen LogP contribution is 2.34. The van der Waals surface area contributed by atoms with Gasteiger partial charge >= 0.3 is 0 Å². The molecule has 9 nitrogen and oxygen atoms in total. The van der Waals surface area contributed by atoms with Crippen molar-refractivity contribution < 1.29 is 23.9 Å². The van der Waals surface area contributed by atoms with Crippen LogP contribution in [0.2, 0.25) is 0 Å². The van der Waals surface area contributed by atoms with Crippen molar-refractivity contribution in [2.45, 2.75) is 25.5 Å². The van der Waals surface area contributed by atoms with Gasteiger partial charge in [-0.15, -0.1) is 0 Å². The summed E-state index contributed by atoms with van der Waals surface area (Å²) in [6.07, 6.45) is -0.254. The topological polar surface area (TPSA) is 124 Å². The third-order valence-electron chi connectivity index (χ3n) is 6.04. The standard InChI is InChI=1S/C27H28N4O5/c1-16(2)27(34)29-14-25(32)31-15-19(12-23(31)26(28)33)36-24-13-21(17-7-5-4-6-8-17)30-22-11-18(35-3)9-10-20(22)24/h4-11,13,19,23H,1,12,14-15H2,2-3H3,(H2,28,33)(H,29,34). The van der Waals surface area contributed by atoms with Gasteiger partial charge in [0.25, 0.3) is 0 Å². The fourth-order valence-electron chi connectivity index (χ4n) is 4.17. The molecule has 3 amide bonds. The van der Waals surface area contributed by atoms with Crippen LogP contribution in [0.3, 0.4) is 0 Å². The van der Waals surface area contributed by atoms with Crippen molar-refractivity contribution in [2.75, 3.05) is 20.2 Å². The minimum Gasteiger partial charge on any atom is -0.497 e. The molecule has 2 heterocycles. The number of nitrogens with one attached hydrogen (secondary N) is 1. The lowest BCUT2D eigenvalue weighted by Crippen LogP contribution is -2.47. The Balaban J connectivity index is 1.62. The lowest BCUT2D eigenvalue weighted by molar-refractivity contribution is -0.137. The maximum absolute atomic E-state index is 12.8. The second kappa shape index (κ2) is 10.5. The monoisotopic (exact) mass is 488 g/mol. The number of benzene rings is 2. The van der Waals surface area contributed by atoms with E-state index in [0.717, 1.165) is 10.9 Å². The van der Waals surface area contributed by atoms with Gasteiger partial charge in [-0.25, -0.2) is 4.98 Å². The fraction of sp³-hybridized carbons (Fsp3) is 0.259. The molecule has 0 spiro atoms. The van der Waals surface area contributed by atoms with Crippen LogP contribution in [-0.4, -0.2) is 60.0 Å². The van der Waals surface area contributed by atoms with Gasteiger partial charge in [-0.05, 0) is 19.1 Å². The normalized spacial score (nSPS) is 17.0. The summed E-state index contributed by atoms with van der Waals surface area (Å²) < 4.78 is 11.7. The van der Waals surface area contributed by atoms with Gasteiger partial charge in [-0.1, -0.05) is 36.9 Å². The molecule has 0 radical (unpaired) electrons. The number of likely N-dealkylation sites (tertiary alicyclic amines) is 1. The molecular formula is C27H28N4O5. The summed E-state index contributed by atoms with van der Waals surface area (Å²) >= 11 is 0. The minimum absolute atomic E-state index is 0.149. The van der Waals surface area contributed by atoms with Crippen molar-refractivity contribution in [2.24, 2.45) is 5.73 Å². The molecule has 2 atom stereocenters. The highest BCUT2D eigenvalue weighted by molar-refractivity contribution is 5.96. The van der Waals surface area contributed by atoms with Crippen molar-refractivity contribution in [1.82, 2.24) is 15.2 Å². The Kier molecular flexibility index (Phi) is 7.19. The van der Waals surface area contributed by atoms with Crippen molar-refractivity contribution in [3.05, 3.63) is 66.7 Å². The van der Waals surface area contributed by atoms with Gasteiger partial charge in [0.15, 0.2) is 0 Å². The maximum Gasteiger partial charge on any atom is 0.246 e. The van der Waals surface area contributed by atoms with E-state index in [4.69, 9.17) is 20.2 Å². The molecule has 4 rings (SSSR count). The molecule has 2 unspecified atom stereocenters. The van der Waals surface area contributed by atoms with E-state index in [0.29, 0.717) is 22.7 Å². The van der Waals surface area contributed by atoms with E-state index < -0.39 is 29.9 Å². The second-order valence-corrected chi connectivity index (χ2v) is 8.66. The van der Waals surface area contributed by atoms with Crippen molar-refractivity contribution >= 4 is 28.6 Å². The molecule has 2 aromatic carbocycles. The number of amides is 3. The van der Waals surface area contributed by atoms with Gasteiger partial charge in [0.05, 0.1) is 31.4 Å². The Labute approximate surface area is 208 Å². The molecule has 186 valence electrons. The van der Waals surface area contributed by atoms with Crippen LogP contribution in [0.5, 0.6) is 11.5 Å². The van der Waals surface area contributed by atoms with E-state index in [1.54, 1.807) is 14.0 Å². The first-order valence-corrected chi connectivity index (χ1v) is 11.5. The maximum atomic E-state index is 12.8. The molecule has 36 heavy (non-hydrogen) atoms. The van der Waals surface area contributed by atoms with Crippen molar-refractivity contribution in [3.63, 3.8) is 0 Å². The van der Waals surface area contributed by atoms with Crippen LogP contribution in [0, 0.1) is 0 Å². The van der Waals surface area contributed by atoms with Crippen LogP contribution in [-0.2, 0) is 14.4 Å². The van der Waals surface area contributed by atoms with Gasteiger partial charge in [0.1, 0.15) is 23.6 Å². The van der Waals surface area contributed by atoms with E-state index in [9.17, 15) is 14.4 Å². The van der Waals surface area contributed by atoms with E-state index in [1.165, 1.54) is 4.90 Å². The zero-order chi connectivity index (χ0) is 25.8. The number of rotatable bonds is 8. The average molecular weight is 489 g/mol. The van der Waals surface area contributed by atoms with Gasteiger partial charge < -0.3 is 25.4 Å². The van der Waals surface area contributed by atoms with E-state index in [-0.39, 0.29) is 25.1 Å². The first-order valence-electron chi connectivity index (χ1n) is 11.5. The predicted molar refractivity (Wildman–Crippen MR) is 135 cm³/mol. The lowest BCUT2D eigenvalue weighted by atomic mass is 10.1. The zero-order valence-corrected chi connectivity index (χ0v) is 20.2. The molecule has 3 N–H and O–H groups in total. The number of hydrogen-bond donors (Lipinski definition) is 2. The molecule has 0 bridgehead atoms. The summed E-state index contributed by atoms with van der Waals surface area (Å²) in [5, 5.41) is 3.27. The number of fused-ring (bicyclic) bond motifs is 1. The molecule has 1 fully saturated rings. The Morgan fingerprint density at radius 3 is 2.58 bits per heavy atom. The molecule has 9 heteroatoms. The Bertz CT molecular complexity index is 1320. The Morgan fingerprint density at radius 2 is 1.92 bits per heavy atom. The van der Waals surface area contributed by atoms with E-state index >= 15 is 0 Å². The quantitative estimate of drug-likeness (QED) is 0.470. The average Bonchev–Trinajstić information content (AvgIpc) is 3.31. The number of pyridine rings is 1. The summed E-state index contributed by atoms with van der Waals surface area (Å²) in [4.78, 5) is 42.9. The van der Waals surface area contributed by atoms with Crippen LogP contribution >= 0.6 is 0 Å². The number of methoxy groups -OCH3 is 1. The number of nitrogens with zero attached hydrogens (tertiary/aromatic N) is 2. The number of primary amides is 1. The largest absolute Gasteiger partial charge is 0.497 e. The summed E-state index contributed by atoms with van der Waals surface area (Å²) in [5.41, 5.74) is 8.19. The summed E-state index contributed by atoms with van der Waals surface area (Å²) in [7, 11) is 1.59. The van der Waals surface area contributed by atoms with E-state index in [1.807, 2.05) is 54.6 Å². The minimum atomic E-state index is -0.842. The fourth-order valence-corrected chi connectivity index (χ4v) is 4.17. The highest BCUT2D eigenvalue weighted by atomic mass is 16.5. The van der Waals surface area contributed by atoms with Crippen LogP contribution in [0.1, 0.15) is 13.3 Å². The number of carbonyl (C=O) groups is 3. The zero-order valence-electron chi connectivity index (χ0n) is 20.2. The third kappa shape index (κ3) is 5.30. The molecule has 3 aromatic rings.